The van der Waals surface area contributed by atoms with Gasteiger partial charge >= 0.3 is 0 Å². The van der Waals surface area contributed by atoms with Gasteiger partial charge in [0.25, 0.3) is 0 Å². The Labute approximate surface area is 374 Å². The minimum atomic E-state index is -0.277. The quantitative estimate of drug-likeness (QED) is 0.243. The van der Waals surface area contributed by atoms with Gasteiger partial charge in [0, 0.05) is 89.9 Å². The van der Waals surface area contributed by atoms with E-state index in [2.05, 4.69) is 51.8 Å². The molecule has 7 rings (SSSR count). The fraction of sp³-hybridized carbons (Fsp3) is 0.922. The van der Waals surface area contributed by atoms with Crippen LogP contribution >= 0.6 is 0 Å². The van der Waals surface area contributed by atoms with Crippen LogP contribution in [0.4, 0.5) is 0 Å². The number of hydrogen-bond acceptors (Lipinski definition) is 7. The average molecular weight is 861 g/mol. The molecule has 2 heterocycles. The summed E-state index contributed by atoms with van der Waals surface area (Å²) >= 11 is 0. The summed E-state index contributed by atoms with van der Waals surface area (Å²) in [6, 6.07) is 2.04. The number of ketones is 1. The summed E-state index contributed by atoms with van der Waals surface area (Å²) in [6.45, 7) is 40.2. The second kappa shape index (κ2) is 21.8. The van der Waals surface area contributed by atoms with Crippen LogP contribution in [0.15, 0.2) is 0 Å². The van der Waals surface area contributed by atoms with Gasteiger partial charge < -0.3 is 30.2 Å². The van der Waals surface area contributed by atoms with Gasteiger partial charge in [0.2, 0.25) is 17.7 Å². The van der Waals surface area contributed by atoms with Crippen LogP contribution in [0.5, 0.6) is 0 Å². The lowest BCUT2D eigenvalue weighted by Gasteiger charge is -2.41. The zero-order chi connectivity index (χ0) is 47.1. The minimum Gasteiger partial charge on any atom is -0.396 e. The zero-order valence-electron chi connectivity index (χ0n) is 42.7. The Bertz CT molecular complexity index is 1380. The molecule has 5 saturated carbocycles. The molecular weight excluding hydrogens is 765 g/mol. The van der Waals surface area contributed by atoms with Crippen molar-refractivity contribution >= 4 is 23.5 Å². The molecule has 61 heavy (non-hydrogen) atoms. The lowest BCUT2D eigenvalue weighted by atomic mass is 9.86. The fourth-order valence-electron chi connectivity index (χ4n) is 6.96. The molecule has 3 amide bonds. The molecule has 1 atom stereocenters. The number of nitrogens with zero attached hydrogens (tertiary/aromatic N) is 3. The van der Waals surface area contributed by atoms with Crippen molar-refractivity contribution in [2.24, 2.45) is 44.8 Å². The molecule has 0 aromatic carbocycles. The maximum absolute atomic E-state index is 12.1. The first kappa shape index (κ1) is 55.1. The summed E-state index contributed by atoms with van der Waals surface area (Å²) in [5.74, 6) is 2.64. The number of amides is 3. The van der Waals surface area contributed by atoms with Gasteiger partial charge in [-0.3, -0.25) is 19.2 Å². The number of hydrogen-bond donors (Lipinski definition) is 3. The SMILES string of the molecule is CC(C)(C)C(=O)C1CC1.CC(C)(C)C(=O)N(C1CC1)C1CC1.CC(C)(C)C(=O)N1CC(CO)C1.CC(C)(C)C(=O)N1CCC1.CC(C)(C)C(O)C1CC1.CC(C)(C)NC1CC1. The zero-order valence-corrected chi connectivity index (χ0v) is 42.7. The van der Waals surface area contributed by atoms with E-state index in [0.717, 1.165) is 45.1 Å². The highest BCUT2D eigenvalue weighted by atomic mass is 16.3. The molecule has 5 aliphatic carbocycles. The van der Waals surface area contributed by atoms with Crippen molar-refractivity contribution in [2.75, 3.05) is 32.8 Å². The normalized spacial score (nSPS) is 21.0. The highest BCUT2D eigenvalue weighted by Gasteiger charge is 2.45. The van der Waals surface area contributed by atoms with Crippen LogP contribution < -0.4 is 5.32 Å². The summed E-state index contributed by atoms with van der Waals surface area (Å²) in [5.41, 5.74) is -0.310. The smallest absolute Gasteiger partial charge is 0.228 e. The van der Waals surface area contributed by atoms with Gasteiger partial charge in [-0.15, -0.1) is 0 Å². The summed E-state index contributed by atoms with van der Waals surface area (Å²) in [4.78, 5) is 52.1. The predicted octanol–water partition coefficient (Wildman–Crippen LogP) is 9.29. The Morgan fingerprint density at radius 2 is 1.02 bits per heavy atom. The fourth-order valence-corrected chi connectivity index (χ4v) is 6.96. The largest absolute Gasteiger partial charge is 0.396 e. The summed E-state index contributed by atoms with van der Waals surface area (Å²) < 4.78 is 0. The van der Waals surface area contributed by atoms with E-state index in [0.29, 0.717) is 53.0 Å². The first-order valence-electron chi connectivity index (χ1n) is 24.1. The van der Waals surface area contributed by atoms with Crippen LogP contribution in [-0.2, 0) is 19.2 Å². The average Bonchev–Trinajstić information content (AvgIpc) is 3.85. The maximum atomic E-state index is 12.1. The summed E-state index contributed by atoms with van der Waals surface area (Å²) in [5, 5.41) is 21.8. The van der Waals surface area contributed by atoms with Gasteiger partial charge in [0.05, 0.1) is 6.10 Å². The highest BCUT2D eigenvalue weighted by Crippen LogP contribution is 2.41. The Balaban J connectivity index is 0.000000254. The molecule has 0 aromatic heterocycles. The Kier molecular flexibility index (Phi) is 19.7. The van der Waals surface area contributed by atoms with E-state index < -0.39 is 0 Å². The van der Waals surface area contributed by atoms with E-state index in [1.165, 1.54) is 57.8 Å². The molecule has 0 radical (unpaired) electrons. The highest BCUT2D eigenvalue weighted by molar-refractivity contribution is 5.87. The third-order valence-electron chi connectivity index (χ3n) is 11.5. The standard InChI is InChI=1S/C11H19NO.C9H17NO2.C8H15NO.C8H16O.C8H14O.C7H15N/c1-11(2,3)10(13)12(8-4-5-8)9-6-7-9;1-9(2,3)8(12)10-4-7(5-10)6-11;1-8(2,3)7(10)9-5-4-6-9;2*1-8(2,3)7(9)6-4-5-6;1-7(2,3)8-6-4-5-6/h8-9H,4-7H2,1-3H3;7,11H,4-6H2,1-3H3;4-6H2,1-3H3;6-7,9H,4-5H2,1-3H3;6H,4-5H2,1-3H3;6,8H,4-5H2,1-3H3. The van der Waals surface area contributed by atoms with E-state index in [1.807, 2.05) is 88.0 Å². The molecule has 10 heteroatoms. The maximum Gasteiger partial charge on any atom is 0.228 e. The van der Waals surface area contributed by atoms with Crippen LogP contribution in [0, 0.1) is 44.8 Å². The Hall–Kier alpha value is -2.04. The third-order valence-corrected chi connectivity index (χ3v) is 11.5. The van der Waals surface area contributed by atoms with Crippen molar-refractivity contribution < 1.29 is 29.4 Å². The molecule has 2 aliphatic heterocycles. The van der Waals surface area contributed by atoms with Gasteiger partial charge in [0.1, 0.15) is 5.78 Å². The number of aliphatic hydroxyl groups excluding tert-OH is 2. The number of Topliss-reactive ketones (excluding diaryl/α,β-unsaturated/α-hetero) is 1. The van der Waals surface area contributed by atoms with Crippen molar-refractivity contribution in [3.05, 3.63) is 0 Å². The van der Waals surface area contributed by atoms with Crippen LogP contribution in [0.2, 0.25) is 0 Å². The molecule has 3 N–H and O–H groups in total. The second-order valence-corrected chi connectivity index (χ2v) is 25.5. The summed E-state index contributed by atoms with van der Waals surface area (Å²) in [7, 11) is 0. The minimum absolute atomic E-state index is 0.0718. The molecule has 7 fully saturated rings. The van der Waals surface area contributed by atoms with Crippen LogP contribution in [-0.4, -0.2) is 111 Å². The van der Waals surface area contributed by atoms with Crippen molar-refractivity contribution in [1.29, 1.82) is 0 Å². The van der Waals surface area contributed by atoms with Crippen molar-refractivity contribution in [1.82, 2.24) is 20.0 Å². The number of aliphatic hydroxyl groups is 2. The first-order valence-corrected chi connectivity index (χ1v) is 24.1. The molecule has 10 nitrogen and oxygen atoms in total. The number of carbonyl (C=O) groups excluding carboxylic acids is 4. The van der Waals surface area contributed by atoms with Gasteiger partial charge in [-0.25, -0.2) is 0 Å². The molecule has 356 valence electrons. The van der Waals surface area contributed by atoms with E-state index >= 15 is 0 Å². The van der Waals surface area contributed by atoms with Gasteiger partial charge in [-0.05, 0) is 103 Å². The van der Waals surface area contributed by atoms with Gasteiger partial charge in [0.15, 0.2) is 0 Å². The summed E-state index contributed by atoms with van der Waals surface area (Å²) in [6.07, 6.45) is 13.6. The number of nitrogens with one attached hydrogen (secondary N) is 1. The Morgan fingerprint density at radius 3 is 1.20 bits per heavy atom. The molecule has 0 spiro atoms. The molecular formula is C51H96N4O6. The topological polar surface area (TPSA) is 130 Å². The van der Waals surface area contributed by atoms with Gasteiger partial charge in [-0.1, -0.05) is 104 Å². The van der Waals surface area contributed by atoms with Crippen LogP contribution in [0.25, 0.3) is 0 Å². The molecule has 0 aromatic rings. The van der Waals surface area contributed by atoms with Crippen molar-refractivity contribution in [2.45, 2.75) is 225 Å². The van der Waals surface area contributed by atoms with Crippen molar-refractivity contribution in [3.8, 4) is 0 Å². The number of likely N-dealkylation sites (tertiary alicyclic amines) is 2. The third kappa shape index (κ3) is 21.5. The monoisotopic (exact) mass is 861 g/mol. The van der Waals surface area contributed by atoms with E-state index in [4.69, 9.17) is 5.11 Å². The Morgan fingerprint density at radius 1 is 0.590 bits per heavy atom. The predicted molar refractivity (Wildman–Crippen MR) is 251 cm³/mol. The van der Waals surface area contributed by atoms with E-state index in [9.17, 15) is 24.3 Å². The lowest BCUT2D eigenvalue weighted by molar-refractivity contribution is -0.147. The van der Waals surface area contributed by atoms with Crippen molar-refractivity contribution in [3.63, 3.8) is 0 Å². The van der Waals surface area contributed by atoms with E-state index in [-0.39, 0.29) is 45.7 Å². The number of rotatable bonds is 6. The van der Waals surface area contributed by atoms with Crippen LogP contribution in [0.3, 0.4) is 0 Å². The van der Waals surface area contributed by atoms with Gasteiger partial charge in [-0.2, -0.15) is 0 Å². The second-order valence-electron chi connectivity index (χ2n) is 25.5. The van der Waals surface area contributed by atoms with E-state index in [1.54, 1.807) is 4.90 Å². The lowest BCUT2D eigenvalue weighted by Crippen LogP contribution is -2.54. The van der Waals surface area contributed by atoms with Crippen LogP contribution in [0.1, 0.15) is 195 Å². The first-order chi connectivity index (χ1) is 27.6. The molecule has 7 aliphatic rings. The molecule has 2 saturated heterocycles. The molecule has 1 unspecified atom stereocenters. The number of carbonyl (C=O) groups is 4. The molecule has 0 bridgehead atoms.